The number of benzene rings is 3. The Kier molecular flexibility index (Phi) is 5.17. The predicted molar refractivity (Wildman–Crippen MR) is 133 cm³/mol. The molecule has 0 aliphatic rings. The monoisotopic (exact) mass is 494 g/mol. The number of rotatable bonds is 5. The standard InChI is InChI=1S/C26H19FN8O2/c1-14(36)19-8-15(12-28)2-3-16(19)13-34-23(6-7-29-34)17-9-20(27)25-24(10-17)35(33-32-25)18-4-5-21-22(11-18)31-26(37)30-21/h2-11,14,36H,13H2,1H3,(H2,30,31,37). The van der Waals surface area contributed by atoms with Crippen LogP contribution in [0.15, 0.2) is 65.6 Å². The Morgan fingerprint density at radius 1 is 1.11 bits per heavy atom. The van der Waals surface area contributed by atoms with Crippen LogP contribution in [0, 0.1) is 17.1 Å². The van der Waals surface area contributed by atoms with Gasteiger partial charge in [-0.1, -0.05) is 11.3 Å². The van der Waals surface area contributed by atoms with Crippen LogP contribution in [0.4, 0.5) is 4.39 Å². The van der Waals surface area contributed by atoms with Crippen molar-refractivity contribution in [1.29, 1.82) is 5.26 Å². The predicted octanol–water partition coefficient (Wildman–Crippen LogP) is 3.57. The molecule has 0 amide bonds. The van der Waals surface area contributed by atoms with E-state index in [1.165, 1.54) is 10.7 Å². The number of aromatic nitrogens is 7. The summed E-state index contributed by atoms with van der Waals surface area (Å²) in [5.74, 6) is -0.536. The van der Waals surface area contributed by atoms with E-state index in [4.69, 9.17) is 0 Å². The molecule has 6 rings (SSSR count). The average Bonchev–Trinajstić information content (AvgIpc) is 3.61. The summed E-state index contributed by atoms with van der Waals surface area (Å²) in [5, 5.41) is 32.1. The molecule has 1 atom stereocenters. The molecule has 0 bridgehead atoms. The number of hydrogen-bond donors (Lipinski definition) is 3. The Balaban J connectivity index is 1.44. The van der Waals surface area contributed by atoms with Crippen LogP contribution in [0.3, 0.4) is 0 Å². The van der Waals surface area contributed by atoms with E-state index in [1.807, 2.05) is 0 Å². The molecule has 3 N–H and O–H groups in total. The van der Waals surface area contributed by atoms with E-state index in [0.29, 0.717) is 51.2 Å². The van der Waals surface area contributed by atoms with Crippen molar-refractivity contribution in [3.8, 4) is 23.0 Å². The second-order valence-electron chi connectivity index (χ2n) is 8.71. The Morgan fingerprint density at radius 3 is 2.76 bits per heavy atom. The lowest BCUT2D eigenvalue weighted by Crippen LogP contribution is -2.08. The van der Waals surface area contributed by atoms with Crippen molar-refractivity contribution in [1.82, 2.24) is 34.7 Å². The number of hydrogen-bond acceptors (Lipinski definition) is 6. The lowest BCUT2D eigenvalue weighted by atomic mass is 10.00. The number of aromatic amines is 2. The molecular weight excluding hydrogens is 475 g/mol. The van der Waals surface area contributed by atoms with Crippen LogP contribution in [-0.2, 0) is 6.54 Å². The lowest BCUT2D eigenvalue weighted by Gasteiger charge is -2.14. The van der Waals surface area contributed by atoms with Gasteiger partial charge < -0.3 is 15.1 Å². The van der Waals surface area contributed by atoms with Crippen LogP contribution in [0.25, 0.3) is 39.0 Å². The number of fused-ring (bicyclic) bond motifs is 2. The van der Waals surface area contributed by atoms with Gasteiger partial charge in [0.2, 0.25) is 0 Å². The van der Waals surface area contributed by atoms with Crippen LogP contribution in [0.2, 0.25) is 0 Å². The van der Waals surface area contributed by atoms with Gasteiger partial charge in [-0.3, -0.25) is 4.68 Å². The first-order valence-electron chi connectivity index (χ1n) is 11.4. The highest BCUT2D eigenvalue weighted by Crippen LogP contribution is 2.29. The van der Waals surface area contributed by atoms with Crippen LogP contribution >= 0.6 is 0 Å². The van der Waals surface area contributed by atoms with Gasteiger partial charge in [0.1, 0.15) is 5.52 Å². The minimum absolute atomic E-state index is 0.112. The topological polar surface area (TPSA) is 141 Å². The molecule has 3 aromatic carbocycles. The summed E-state index contributed by atoms with van der Waals surface area (Å²) < 4.78 is 18.4. The number of nitrogens with zero attached hydrogens (tertiary/aromatic N) is 6. The van der Waals surface area contributed by atoms with Gasteiger partial charge >= 0.3 is 5.69 Å². The van der Waals surface area contributed by atoms with Crippen molar-refractivity contribution in [3.63, 3.8) is 0 Å². The van der Waals surface area contributed by atoms with Gasteiger partial charge in [0, 0.05) is 11.8 Å². The molecule has 0 spiro atoms. The number of halogens is 1. The number of nitriles is 1. The molecule has 3 heterocycles. The average molecular weight is 494 g/mol. The van der Waals surface area contributed by atoms with Crippen LogP contribution < -0.4 is 5.69 Å². The first kappa shape index (κ1) is 22.4. The number of aliphatic hydroxyl groups excluding tert-OH is 1. The Labute approximate surface area is 208 Å². The van der Waals surface area contributed by atoms with Gasteiger partial charge in [-0.05, 0) is 66.6 Å². The van der Waals surface area contributed by atoms with Crippen LogP contribution in [-0.4, -0.2) is 39.8 Å². The highest BCUT2D eigenvalue weighted by Gasteiger charge is 2.17. The molecule has 3 aromatic heterocycles. The zero-order valence-electron chi connectivity index (χ0n) is 19.5. The largest absolute Gasteiger partial charge is 0.389 e. The molecule has 37 heavy (non-hydrogen) atoms. The van der Waals surface area contributed by atoms with E-state index in [9.17, 15) is 15.2 Å². The Bertz CT molecular complexity index is 1900. The van der Waals surface area contributed by atoms with Gasteiger partial charge in [0.15, 0.2) is 5.82 Å². The van der Waals surface area contributed by atoms with Gasteiger partial charge in [0.05, 0.1) is 52.2 Å². The van der Waals surface area contributed by atoms with E-state index < -0.39 is 11.9 Å². The zero-order valence-corrected chi connectivity index (χ0v) is 19.5. The summed E-state index contributed by atoms with van der Waals surface area (Å²) in [6, 6.07) is 17.4. The summed E-state index contributed by atoms with van der Waals surface area (Å²) in [5.41, 5.74) is 5.18. The highest BCUT2D eigenvalue weighted by molar-refractivity contribution is 5.84. The maximum atomic E-state index is 15.2. The maximum Gasteiger partial charge on any atom is 0.323 e. The van der Waals surface area contributed by atoms with Crippen molar-refractivity contribution in [2.24, 2.45) is 0 Å². The number of imidazole rings is 1. The number of H-pyrrole nitrogens is 2. The third kappa shape index (κ3) is 3.85. The molecule has 0 aliphatic heterocycles. The molecular formula is C26H19FN8O2. The second-order valence-corrected chi connectivity index (χ2v) is 8.71. The molecule has 1 unspecified atom stereocenters. The molecule has 182 valence electrons. The van der Waals surface area contributed by atoms with Crippen LogP contribution in [0.5, 0.6) is 0 Å². The number of aliphatic hydroxyl groups is 1. The van der Waals surface area contributed by atoms with E-state index in [1.54, 1.807) is 66.3 Å². The quantitative estimate of drug-likeness (QED) is 0.335. The molecule has 0 radical (unpaired) electrons. The van der Waals surface area contributed by atoms with Crippen molar-refractivity contribution in [3.05, 3.63) is 93.8 Å². The third-order valence-corrected chi connectivity index (χ3v) is 6.31. The lowest BCUT2D eigenvalue weighted by molar-refractivity contribution is 0.198. The van der Waals surface area contributed by atoms with E-state index in [0.717, 1.165) is 5.56 Å². The molecule has 0 saturated heterocycles. The van der Waals surface area contributed by atoms with E-state index >= 15 is 4.39 Å². The summed E-state index contributed by atoms with van der Waals surface area (Å²) in [7, 11) is 0. The molecule has 0 aliphatic carbocycles. The van der Waals surface area contributed by atoms with E-state index in [2.05, 4.69) is 31.4 Å². The SMILES string of the molecule is CC(O)c1cc(C#N)ccc1Cn1nccc1-c1cc(F)c2nnn(-c3ccc4[nH]c(=O)[nH]c4c3)c2c1. The molecule has 6 aromatic rings. The first-order chi connectivity index (χ1) is 17.9. The molecule has 11 heteroatoms. The summed E-state index contributed by atoms with van der Waals surface area (Å²) in [4.78, 5) is 17.0. The molecule has 10 nitrogen and oxygen atoms in total. The summed E-state index contributed by atoms with van der Waals surface area (Å²) >= 11 is 0. The van der Waals surface area contributed by atoms with Crippen molar-refractivity contribution in [2.75, 3.05) is 0 Å². The fourth-order valence-electron chi connectivity index (χ4n) is 4.54. The fourth-order valence-corrected chi connectivity index (χ4v) is 4.54. The highest BCUT2D eigenvalue weighted by atomic mass is 19.1. The third-order valence-electron chi connectivity index (χ3n) is 6.31. The van der Waals surface area contributed by atoms with Crippen molar-refractivity contribution in [2.45, 2.75) is 19.6 Å². The van der Waals surface area contributed by atoms with Gasteiger partial charge in [-0.25, -0.2) is 13.9 Å². The minimum Gasteiger partial charge on any atom is -0.389 e. The fraction of sp³-hybridized carbons (Fsp3) is 0.115. The Morgan fingerprint density at radius 2 is 1.95 bits per heavy atom. The molecule has 0 fully saturated rings. The second kappa shape index (κ2) is 8.54. The van der Waals surface area contributed by atoms with Gasteiger partial charge in [-0.15, -0.1) is 5.10 Å². The Hall–Kier alpha value is -5.08. The smallest absolute Gasteiger partial charge is 0.323 e. The van der Waals surface area contributed by atoms with Gasteiger partial charge in [-0.2, -0.15) is 10.4 Å². The minimum atomic E-state index is -0.774. The normalized spacial score (nSPS) is 12.3. The summed E-state index contributed by atoms with van der Waals surface area (Å²) in [6.45, 7) is 1.95. The van der Waals surface area contributed by atoms with Crippen molar-refractivity contribution >= 4 is 22.1 Å². The first-order valence-corrected chi connectivity index (χ1v) is 11.4. The number of nitrogens with one attached hydrogen (secondary N) is 2. The zero-order chi connectivity index (χ0) is 25.7. The van der Waals surface area contributed by atoms with Gasteiger partial charge in [0.25, 0.3) is 0 Å². The maximum absolute atomic E-state index is 15.2. The van der Waals surface area contributed by atoms with E-state index in [-0.39, 0.29) is 11.2 Å². The summed E-state index contributed by atoms with van der Waals surface area (Å²) in [6.07, 6.45) is 0.846. The van der Waals surface area contributed by atoms with Crippen LogP contribution in [0.1, 0.15) is 29.7 Å². The molecule has 0 saturated carbocycles. The van der Waals surface area contributed by atoms with Crippen molar-refractivity contribution < 1.29 is 9.50 Å².